The van der Waals surface area contributed by atoms with Crippen molar-refractivity contribution in [1.29, 1.82) is 0 Å². The van der Waals surface area contributed by atoms with Gasteiger partial charge in [-0.1, -0.05) is 48.5 Å². The molecule has 2 amide bonds. The summed E-state index contributed by atoms with van der Waals surface area (Å²) < 4.78 is 33.7. The van der Waals surface area contributed by atoms with Crippen LogP contribution in [0.1, 0.15) is 24.0 Å². The van der Waals surface area contributed by atoms with E-state index in [4.69, 9.17) is 9.84 Å². The number of carbonyl (C=O) groups excluding carboxylic acids is 2. The van der Waals surface area contributed by atoms with E-state index in [1.807, 2.05) is 53.8 Å². The molecule has 2 aromatic rings. The van der Waals surface area contributed by atoms with Crippen LogP contribution in [-0.2, 0) is 14.3 Å². The lowest BCUT2D eigenvalue weighted by Gasteiger charge is -2.45. The zero-order chi connectivity index (χ0) is 23.1. The fourth-order valence-corrected chi connectivity index (χ4v) is 4.21. The van der Waals surface area contributed by atoms with Crippen LogP contribution in [0.15, 0.2) is 48.5 Å². The van der Waals surface area contributed by atoms with Gasteiger partial charge >= 0.3 is 18.0 Å². The van der Waals surface area contributed by atoms with Gasteiger partial charge in [-0.2, -0.15) is 8.78 Å². The molecule has 168 valence electrons. The van der Waals surface area contributed by atoms with E-state index in [2.05, 4.69) is 0 Å². The molecule has 1 heterocycles. The highest BCUT2D eigenvalue weighted by Crippen LogP contribution is 2.44. The van der Waals surface area contributed by atoms with E-state index in [1.165, 1.54) is 6.92 Å². The lowest BCUT2D eigenvalue weighted by Crippen LogP contribution is -2.64. The summed E-state index contributed by atoms with van der Waals surface area (Å²) in [5.41, 5.74) is 2.82. The molecule has 2 N–H and O–H groups in total. The molecule has 32 heavy (non-hydrogen) atoms. The molecule has 1 saturated heterocycles. The highest BCUT2D eigenvalue weighted by molar-refractivity contribution is 5.88. The number of aliphatic carboxylic acids is 1. The Morgan fingerprint density at radius 2 is 1.62 bits per heavy atom. The summed E-state index contributed by atoms with van der Waals surface area (Å²) >= 11 is 0. The number of benzene rings is 2. The van der Waals surface area contributed by atoms with Gasteiger partial charge in [-0.3, -0.25) is 9.59 Å². The van der Waals surface area contributed by atoms with Crippen LogP contribution in [0.5, 0.6) is 0 Å². The molecule has 0 atom stereocenters. The first-order valence-electron chi connectivity index (χ1n) is 10.1. The van der Waals surface area contributed by atoms with Gasteiger partial charge in [-0.05, 0) is 29.2 Å². The van der Waals surface area contributed by atoms with Crippen molar-refractivity contribution in [2.75, 3.05) is 26.2 Å². The molecule has 0 bridgehead atoms. The van der Waals surface area contributed by atoms with Gasteiger partial charge in [0, 0.05) is 19.0 Å². The summed E-state index contributed by atoms with van der Waals surface area (Å²) in [7, 11) is 0. The maximum Gasteiger partial charge on any atom is 0.407 e. The number of carbonyl (C=O) groups is 3. The molecular weight excluding hydrogens is 422 g/mol. The number of carboxylic acid groups (broad SMARTS) is 1. The van der Waals surface area contributed by atoms with E-state index in [0.29, 0.717) is 0 Å². The Labute approximate surface area is 183 Å². The van der Waals surface area contributed by atoms with Crippen LogP contribution in [-0.4, -0.2) is 60.1 Å². The molecule has 0 spiro atoms. The number of hydrogen-bond acceptors (Lipinski definition) is 4. The van der Waals surface area contributed by atoms with E-state index in [9.17, 15) is 23.2 Å². The second-order valence-electron chi connectivity index (χ2n) is 8.41. The Balaban J connectivity index is 1.32. The van der Waals surface area contributed by atoms with Gasteiger partial charge in [0.05, 0.1) is 6.54 Å². The number of fused-ring (bicyclic) bond motifs is 3. The maximum absolute atomic E-state index is 14.2. The van der Waals surface area contributed by atoms with Gasteiger partial charge in [0.2, 0.25) is 0 Å². The average Bonchev–Trinajstić information content (AvgIpc) is 3.07. The Morgan fingerprint density at radius 1 is 1.09 bits per heavy atom. The summed E-state index contributed by atoms with van der Waals surface area (Å²) in [6, 6.07) is 15.4. The third kappa shape index (κ3) is 3.79. The molecular formula is C23H22F2N2O5. The number of rotatable bonds is 6. The number of nitrogens with one attached hydrogen (secondary N) is 1. The quantitative estimate of drug-likeness (QED) is 0.714. The first-order valence-corrected chi connectivity index (χ1v) is 10.1. The van der Waals surface area contributed by atoms with Gasteiger partial charge in [-0.15, -0.1) is 0 Å². The monoisotopic (exact) mass is 444 g/mol. The zero-order valence-electron chi connectivity index (χ0n) is 17.3. The molecule has 1 aliphatic heterocycles. The fourth-order valence-electron chi connectivity index (χ4n) is 4.21. The van der Waals surface area contributed by atoms with Crippen molar-refractivity contribution in [3.05, 3.63) is 59.7 Å². The number of halogens is 2. The van der Waals surface area contributed by atoms with Crippen molar-refractivity contribution < 1.29 is 33.0 Å². The molecule has 4 rings (SSSR count). The molecule has 7 nitrogen and oxygen atoms in total. The number of nitrogens with zero attached hydrogens (tertiary/aromatic N) is 1. The largest absolute Gasteiger partial charge is 0.481 e. The van der Waals surface area contributed by atoms with Gasteiger partial charge in [-0.25, -0.2) is 4.79 Å². The van der Waals surface area contributed by atoms with Crippen molar-refractivity contribution in [1.82, 2.24) is 10.2 Å². The molecule has 0 aromatic heterocycles. The third-order valence-electron chi connectivity index (χ3n) is 5.99. The average molecular weight is 444 g/mol. The standard InChI is InChI=1S/C23H22F2N2O5/c1-22(20(29)30)12-27(13-22)19(28)23(24,25)11-26-21(31)32-10-18-16-8-4-2-6-14(16)15-7-3-5-9-17(15)18/h2-9,18H,10-13H2,1H3,(H,26,31)(H,29,30). The molecule has 0 unspecified atom stereocenters. The fraction of sp³-hybridized carbons (Fsp3) is 0.348. The third-order valence-corrected chi connectivity index (χ3v) is 5.99. The van der Waals surface area contributed by atoms with Crippen LogP contribution >= 0.6 is 0 Å². The highest BCUT2D eigenvalue weighted by atomic mass is 19.3. The molecule has 2 aromatic carbocycles. The van der Waals surface area contributed by atoms with Gasteiger partial charge in [0.15, 0.2) is 0 Å². The van der Waals surface area contributed by atoms with Gasteiger partial charge in [0.25, 0.3) is 5.91 Å². The highest BCUT2D eigenvalue weighted by Gasteiger charge is 2.53. The smallest absolute Gasteiger partial charge is 0.407 e. The van der Waals surface area contributed by atoms with Crippen LogP contribution in [0, 0.1) is 5.41 Å². The lowest BCUT2D eigenvalue weighted by atomic mass is 9.82. The maximum atomic E-state index is 14.2. The Bertz CT molecular complexity index is 1040. The van der Waals surface area contributed by atoms with Gasteiger partial charge in [0.1, 0.15) is 12.0 Å². The first-order chi connectivity index (χ1) is 15.1. The number of carboxylic acids is 1. The number of ether oxygens (including phenoxy) is 1. The second-order valence-corrected chi connectivity index (χ2v) is 8.41. The van der Waals surface area contributed by atoms with Crippen molar-refractivity contribution in [2.24, 2.45) is 5.41 Å². The van der Waals surface area contributed by atoms with E-state index in [1.54, 1.807) is 0 Å². The van der Waals surface area contributed by atoms with Crippen molar-refractivity contribution in [3.8, 4) is 11.1 Å². The van der Waals surface area contributed by atoms with Crippen LogP contribution < -0.4 is 5.32 Å². The minimum absolute atomic E-state index is 0.0392. The van der Waals surface area contributed by atoms with E-state index < -0.39 is 35.9 Å². The molecule has 0 radical (unpaired) electrons. The predicted octanol–water partition coefficient (Wildman–Crippen LogP) is 3.09. The number of amides is 2. The van der Waals surface area contributed by atoms with Crippen molar-refractivity contribution >= 4 is 18.0 Å². The molecule has 9 heteroatoms. The number of alkyl halides is 2. The SMILES string of the molecule is CC1(C(=O)O)CN(C(=O)C(F)(F)CNC(=O)OCC2c3ccccc3-c3ccccc32)C1. The Hall–Kier alpha value is -3.49. The van der Waals surface area contributed by atoms with Gasteiger partial charge < -0.3 is 20.1 Å². The summed E-state index contributed by atoms with van der Waals surface area (Å²) in [5, 5.41) is 11.0. The minimum atomic E-state index is -3.87. The van der Waals surface area contributed by atoms with Crippen LogP contribution in [0.3, 0.4) is 0 Å². The van der Waals surface area contributed by atoms with E-state index in [-0.39, 0.29) is 25.6 Å². The van der Waals surface area contributed by atoms with Crippen LogP contribution in [0.25, 0.3) is 11.1 Å². The molecule has 1 aliphatic carbocycles. The zero-order valence-corrected chi connectivity index (χ0v) is 17.3. The Kier molecular flexibility index (Phi) is 5.36. The minimum Gasteiger partial charge on any atom is -0.481 e. The number of likely N-dealkylation sites (tertiary alicyclic amines) is 1. The molecule has 0 saturated carbocycles. The number of alkyl carbamates (subject to hydrolysis) is 1. The summed E-state index contributed by atoms with van der Waals surface area (Å²) in [4.78, 5) is 35.9. The predicted molar refractivity (Wildman–Crippen MR) is 110 cm³/mol. The number of hydrogen-bond donors (Lipinski definition) is 2. The van der Waals surface area contributed by atoms with Crippen molar-refractivity contribution in [3.63, 3.8) is 0 Å². The Morgan fingerprint density at radius 3 is 2.16 bits per heavy atom. The summed E-state index contributed by atoms with van der Waals surface area (Å²) in [6.45, 7) is -0.499. The summed E-state index contributed by atoms with van der Waals surface area (Å²) in [5.74, 6) is -6.76. The second kappa shape index (κ2) is 7.89. The van der Waals surface area contributed by atoms with Crippen LogP contribution in [0.2, 0.25) is 0 Å². The lowest BCUT2D eigenvalue weighted by molar-refractivity contribution is -0.176. The molecule has 1 fully saturated rings. The first kappa shape index (κ1) is 21.7. The summed E-state index contributed by atoms with van der Waals surface area (Å²) in [6.07, 6.45) is -1.06. The van der Waals surface area contributed by atoms with Crippen LogP contribution in [0.4, 0.5) is 13.6 Å². The van der Waals surface area contributed by atoms with E-state index in [0.717, 1.165) is 27.2 Å². The topological polar surface area (TPSA) is 95.9 Å². The molecule has 2 aliphatic rings. The van der Waals surface area contributed by atoms with E-state index >= 15 is 0 Å². The normalized spacial score (nSPS) is 16.5. The van der Waals surface area contributed by atoms with Crippen molar-refractivity contribution in [2.45, 2.75) is 18.8 Å².